The zero-order chi connectivity index (χ0) is 13.1. The molecule has 0 atom stereocenters. The Labute approximate surface area is 105 Å². The summed E-state index contributed by atoms with van der Waals surface area (Å²) in [6.45, 7) is 0. The van der Waals surface area contributed by atoms with E-state index in [-0.39, 0.29) is 0 Å². The normalized spacial score (nSPS) is 10.2. The van der Waals surface area contributed by atoms with E-state index in [0.29, 0.717) is 28.0 Å². The minimum Gasteiger partial charge on any atom is -0.497 e. The van der Waals surface area contributed by atoms with Crippen molar-refractivity contribution in [2.45, 2.75) is 0 Å². The molecule has 1 N–H and O–H groups in total. The van der Waals surface area contributed by atoms with Crippen molar-refractivity contribution in [3.63, 3.8) is 0 Å². The summed E-state index contributed by atoms with van der Waals surface area (Å²) in [5.41, 5.74) is 1.17. The SMILES string of the molecule is CNc1cc(C(=O)OC)c2cc(OC)ccc2n1. The van der Waals surface area contributed by atoms with Crippen LogP contribution in [-0.4, -0.2) is 32.2 Å². The molecule has 2 rings (SSSR count). The lowest BCUT2D eigenvalue weighted by Gasteiger charge is -2.09. The molecule has 0 radical (unpaired) electrons. The summed E-state index contributed by atoms with van der Waals surface area (Å²) in [6.07, 6.45) is 0. The molecule has 0 aliphatic carbocycles. The summed E-state index contributed by atoms with van der Waals surface area (Å²) >= 11 is 0. The van der Waals surface area contributed by atoms with E-state index >= 15 is 0 Å². The minimum absolute atomic E-state index is 0.396. The monoisotopic (exact) mass is 246 g/mol. The molecule has 1 heterocycles. The van der Waals surface area contributed by atoms with Crippen LogP contribution in [0.15, 0.2) is 24.3 Å². The van der Waals surface area contributed by atoms with Crippen LogP contribution >= 0.6 is 0 Å². The van der Waals surface area contributed by atoms with Crippen LogP contribution in [0.1, 0.15) is 10.4 Å². The van der Waals surface area contributed by atoms with E-state index in [9.17, 15) is 4.79 Å². The maximum Gasteiger partial charge on any atom is 0.338 e. The second-order valence-corrected chi connectivity index (χ2v) is 3.68. The lowest BCUT2D eigenvalue weighted by Crippen LogP contribution is -2.05. The van der Waals surface area contributed by atoms with E-state index in [1.54, 1.807) is 38.4 Å². The van der Waals surface area contributed by atoms with Gasteiger partial charge < -0.3 is 14.8 Å². The predicted octanol–water partition coefficient (Wildman–Crippen LogP) is 2.07. The van der Waals surface area contributed by atoms with E-state index in [0.717, 1.165) is 0 Å². The van der Waals surface area contributed by atoms with Gasteiger partial charge in [-0.1, -0.05) is 0 Å². The zero-order valence-electron chi connectivity index (χ0n) is 10.5. The number of hydrogen-bond donors (Lipinski definition) is 1. The van der Waals surface area contributed by atoms with Crippen molar-refractivity contribution in [2.24, 2.45) is 0 Å². The number of nitrogens with one attached hydrogen (secondary N) is 1. The molecule has 5 nitrogen and oxygen atoms in total. The zero-order valence-corrected chi connectivity index (χ0v) is 10.5. The fourth-order valence-electron chi connectivity index (χ4n) is 1.74. The second kappa shape index (κ2) is 4.91. The van der Waals surface area contributed by atoms with E-state index in [1.165, 1.54) is 7.11 Å². The number of rotatable bonds is 3. The van der Waals surface area contributed by atoms with Gasteiger partial charge in [0.1, 0.15) is 11.6 Å². The van der Waals surface area contributed by atoms with Gasteiger partial charge in [-0.25, -0.2) is 9.78 Å². The summed E-state index contributed by atoms with van der Waals surface area (Å²) in [6, 6.07) is 7.04. The second-order valence-electron chi connectivity index (χ2n) is 3.68. The first-order chi connectivity index (χ1) is 8.69. The van der Waals surface area contributed by atoms with Gasteiger partial charge in [0.05, 0.1) is 25.3 Å². The summed E-state index contributed by atoms with van der Waals surface area (Å²) in [7, 11) is 4.68. The molecule has 0 amide bonds. The standard InChI is InChI=1S/C13H14N2O3/c1-14-12-7-10(13(16)18-3)9-6-8(17-2)4-5-11(9)15-12/h4-7H,1-3H3,(H,14,15). The predicted molar refractivity (Wildman–Crippen MR) is 69.2 cm³/mol. The Balaban J connectivity index is 2.73. The van der Waals surface area contributed by atoms with Crippen LogP contribution < -0.4 is 10.1 Å². The molecule has 1 aromatic carbocycles. The smallest absolute Gasteiger partial charge is 0.338 e. The molecule has 0 bridgehead atoms. The molecule has 5 heteroatoms. The summed E-state index contributed by atoms with van der Waals surface area (Å²) in [4.78, 5) is 16.1. The van der Waals surface area contributed by atoms with Crippen molar-refractivity contribution >= 4 is 22.7 Å². The average Bonchev–Trinajstić information content (AvgIpc) is 2.44. The lowest BCUT2D eigenvalue weighted by atomic mass is 10.1. The molecule has 0 fully saturated rings. The molecular formula is C13H14N2O3. The van der Waals surface area contributed by atoms with Crippen molar-refractivity contribution in [1.82, 2.24) is 4.98 Å². The maximum absolute atomic E-state index is 11.8. The number of benzene rings is 1. The van der Waals surface area contributed by atoms with Crippen LogP contribution in [0.3, 0.4) is 0 Å². The quantitative estimate of drug-likeness (QED) is 0.840. The molecule has 0 aliphatic heterocycles. The highest BCUT2D eigenvalue weighted by Gasteiger charge is 2.13. The number of fused-ring (bicyclic) bond motifs is 1. The molecular weight excluding hydrogens is 232 g/mol. The van der Waals surface area contributed by atoms with Crippen LogP contribution in [-0.2, 0) is 4.74 Å². The first kappa shape index (κ1) is 12.2. The van der Waals surface area contributed by atoms with Crippen molar-refractivity contribution in [2.75, 3.05) is 26.6 Å². The van der Waals surface area contributed by atoms with Gasteiger partial charge >= 0.3 is 5.97 Å². The van der Waals surface area contributed by atoms with Crippen molar-refractivity contribution in [3.05, 3.63) is 29.8 Å². The number of carbonyl (C=O) groups is 1. The van der Waals surface area contributed by atoms with Gasteiger partial charge in [-0.3, -0.25) is 0 Å². The fourth-order valence-corrected chi connectivity index (χ4v) is 1.74. The molecule has 18 heavy (non-hydrogen) atoms. The van der Waals surface area contributed by atoms with Gasteiger partial charge in [0.15, 0.2) is 0 Å². The largest absolute Gasteiger partial charge is 0.497 e. The first-order valence-corrected chi connectivity index (χ1v) is 5.44. The number of anilines is 1. The minimum atomic E-state index is -0.396. The van der Waals surface area contributed by atoms with Crippen LogP contribution in [0, 0.1) is 0 Å². The van der Waals surface area contributed by atoms with E-state index in [1.807, 2.05) is 0 Å². The molecule has 0 unspecified atom stereocenters. The molecule has 0 saturated heterocycles. The molecule has 2 aromatic rings. The third-order valence-corrected chi connectivity index (χ3v) is 2.68. The average molecular weight is 246 g/mol. The summed E-state index contributed by atoms with van der Waals surface area (Å²) < 4.78 is 9.93. The number of esters is 1. The number of nitrogens with zero attached hydrogens (tertiary/aromatic N) is 1. The van der Waals surface area contributed by atoms with Crippen LogP contribution in [0.25, 0.3) is 10.9 Å². The van der Waals surface area contributed by atoms with Gasteiger partial charge in [-0.05, 0) is 24.3 Å². The fraction of sp³-hybridized carbons (Fsp3) is 0.231. The highest BCUT2D eigenvalue weighted by Crippen LogP contribution is 2.25. The van der Waals surface area contributed by atoms with Crippen LogP contribution in [0.2, 0.25) is 0 Å². The van der Waals surface area contributed by atoms with Crippen LogP contribution in [0.4, 0.5) is 5.82 Å². The van der Waals surface area contributed by atoms with Gasteiger partial charge in [-0.2, -0.15) is 0 Å². The van der Waals surface area contributed by atoms with Gasteiger partial charge in [0, 0.05) is 12.4 Å². The van der Waals surface area contributed by atoms with Crippen molar-refractivity contribution < 1.29 is 14.3 Å². The van der Waals surface area contributed by atoms with Gasteiger partial charge in [0.2, 0.25) is 0 Å². The number of ether oxygens (including phenoxy) is 2. The van der Waals surface area contributed by atoms with Crippen LogP contribution in [0.5, 0.6) is 5.75 Å². The third kappa shape index (κ3) is 2.07. The highest BCUT2D eigenvalue weighted by molar-refractivity contribution is 6.04. The maximum atomic E-state index is 11.8. The van der Waals surface area contributed by atoms with Gasteiger partial charge in [0.25, 0.3) is 0 Å². The lowest BCUT2D eigenvalue weighted by molar-refractivity contribution is 0.0603. The molecule has 0 aliphatic rings. The Morgan fingerprint density at radius 1 is 1.28 bits per heavy atom. The van der Waals surface area contributed by atoms with Gasteiger partial charge in [-0.15, -0.1) is 0 Å². The number of aromatic nitrogens is 1. The Kier molecular flexibility index (Phi) is 3.32. The number of pyridine rings is 1. The molecule has 94 valence electrons. The Hall–Kier alpha value is -2.30. The summed E-state index contributed by atoms with van der Waals surface area (Å²) in [5, 5.41) is 3.63. The Morgan fingerprint density at radius 2 is 2.06 bits per heavy atom. The molecule has 0 saturated carbocycles. The van der Waals surface area contributed by atoms with Crippen molar-refractivity contribution in [1.29, 1.82) is 0 Å². The molecule has 1 aromatic heterocycles. The number of methoxy groups -OCH3 is 2. The van der Waals surface area contributed by atoms with Crippen molar-refractivity contribution in [3.8, 4) is 5.75 Å². The summed E-state index contributed by atoms with van der Waals surface area (Å²) in [5.74, 6) is 0.895. The third-order valence-electron chi connectivity index (χ3n) is 2.68. The Bertz CT molecular complexity index is 596. The Morgan fingerprint density at radius 3 is 2.67 bits per heavy atom. The number of hydrogen-bond acceptors (Lipinski definition) is 5. The van der Waals surface area contributed by atoms with E-state index < -0.39 is 5.97 Å². The highest BCUT2D eigenvalue weighted by atomic mass is 16.5. The topological polar surface area (TPSA) is 60.5 Å². The number of carbonyl (C=O) groups excluding carboxylic acids is 1. The van der Waals surface area contributed by atoms with E-state index in [4.69, 9.17) is 9.47 Å². The van der Waals surface area contributed by atoms with E-state index in [2.05, 4.69) is 10.3 Å². The molecule has 0 spiro atoms. The first-order valence-electron chi connectivity index (χ1n) is 5.44.